The molecule has 1 heterocycles. The number of carbonyl (C=O) groups excluding carboxylic acids is 1. The van der Waals surface area contributed by atoms with E-state index >= 15 is 0 Å². The van der Waals surface area contributed by atoms with Crippen LogP contribution in [0.15, 0.2) is 0 Å². The van der Waals surface area contributed by atoms with Crippen LogP contribution in [0.4, 0.5) is 0 Å². The molecule has 2 fully saturated rings. The molecule has 0 aromatic rings. The van der Waals surface area contributed by atoms with Gasteiger partial charge in [-0.1, -0.05) is 19.3 Å². The summed E-state index contributed by atoms with van der Waals surface area (Å²) in [4.78, 5) is 25.0. The standard InChI is InChI=1S/C14H23NO3/c16-13(17)9-11-5-4-8-15(10-11)14(18)12-6-2-1-3-7-12/h11-12H,1-10H2,(H,16,17). The average Bonchev–Trinajstić information content (AvgIpc) is 2.38. The second-order valence-corrected chi connectivity index (χ2v) is 5.73. The Bertz CT molecular complexity index is 310. The third-order valence-corrected chi connectivity index (χ3v) is 4.25. The van der Waals surface area contributed by atoms with E-state index in [-0.39, 0.29) is 24.2 Å². The predicted octanol–water partition coefficient (Wildman–Crippen LogP) is 2.28. The number of piperidine rings is 1. The number of likely N-dealkylation sites (tertiary alicyclic amines) is 1. The maximum Gasteiger partial charge on any atom is 0.303 e. The number of aliphatic carboxylic acids is 1. The van der Waals surface area contributed by atoms with Gasteiger partial charge in [0.15, 0.2) is 0 Å². The van der Waals surface area contributed by atoms with Gasteiger partial charge in [0, 0.05) is 25.4 Å². The Labute approximate surface area is 108 Å². The molecule has 102 valence electrons. The molecule has 1 saturated heterocycles. The maximum atomic E-state index is 12.4. The van der Waals surface area contributed by atoms with Crippen molar-refractivity contribution in [3.63, 3.8) is 0 Å². The van der Waals surface area contributed by atoms with Crippen LogP contribution in [0.2, 0.25) is 0 Å². The summed E-state index contributed by atoms with van der Waals surface area (Å²) in [5.41, 5.74) is 0. The van der Waals surface area contributed by atoms with Gasteiger partial charge in [-0.25, -0.2) is 0 Å². The van der Waals surface area contributed by atoms with E-state index in [1.807, 2.05) is 4.90 Å². The van der Waals surface area contributed by atoms with Crippen LogP contribution in [0.25, 0.3) is 0 Å². The van der Waals surface area contributed by atoms with Crippen molar-refractivity contribution in [3.05, 3.63) is 0 Å². The quantitative estimate of drug-likeness (QED) is 0.839. The van der Waals surface area contributed by atoms with Crippen molar-refractivity contribution in [2.45, 2.75) is 51.4 Å². The number of rotatable bonds is 3. The fourth-order valence-electron chi connectivity index (χ4n) is 3.29. The van der Waals surface area contributed by atoms with Crippen LogP contribution in [-0.2, 0) is 9.59 Å². The molecule has 1 unspecified atom stereocenters. The number of hydrogen-bond acceptors (Lipinski definition) is 2. The van der Waals surface area contributed by atoms with Gasteiger partial charge in [0.1, 0.15) is 0 Å². The van der Waals surface area contributed by atoms with Crippen molar-refractivity contribution in [2.75, 3.05) is 13.1 Å². The zero-order valence-electron chi connectivity index (χ0n) is 10.9. The van der Waals surface area contributed by atoms with Crippen LogP contribution in [-0.4, -0.2) is 35.0 Å². The SMILES string of the molecule is O=C(O)CC1CCCN(C(=O)C2CCCCC2)C1. The summed E-state index contributed by atoms with van der Waals surface area (Å²) in [6.07, 6.45) is 7.75. The van der Waals surface area contributed by atoms with Crippen LogP contribution in [0.1, 0.15) is 51.4 Å². The predicted molar refractivity (Wildman–Crippen MR) is 68.1 cm³/mol. The molecule has 0 radical (unpaired) electrons. The van der Waals surface area contributed by atoms with E-state index < -0.39 is 5.97 Å². The van der Waals surface area contributed by atoms with Crippen molar-refractivity contribution in [1.82, 2.24) is 4.90 Å². The minimum Gasteiger partial charge on any atom is -0.481 e. The molecular weight excluding hydrogens is 230 g/mol. The lowest BCUT2D eigenvalue weighted by Gasteiger charge is -2.35. The van der Waals surface area contributed by atoms with E-state index in [9.17, 15) is 9.59 Å². The smallest absolute Gasteiger partial charge is 0.303 e. The van der Waals surface area contributed by atoms with Gasteiger partial charge in [0.25, 0.3) is 0 Å². The monoisotopic (exact) mass is 253 g/mol. The van der Waals surface area contributed by atoms with Gasteiger partial charge in [0.05, 0.1) is 0 Å². The molecule has 0 aromatic heterocycles. The molecule has 1 aliphatic heterocycles. The highest BCUT2D eigenvalue weighted by Crippen LogP contribution is 2.28. The topological polar surface area (TPSA) is 57.6 Å². The Morgan fingerprint density at radius 3 is 2.44 bits per heavy atom. The van der Waals surface area contributed by atoms with Gasteiger partial charge in [-0.3, -0.25) is 9.59 Å². The van der Waals surface area contributed by atoms with E-state index in [1.165, 1.54) is 19.3 Å². The van der Waals surface area contributed by atoms with E-state index in [4.69, 9.17) is 5.11 Å². The number of nitrogens with zero attached hydrogens (tertiary/aromatic N) is 1. The first-order valence-corrected chi connectivity index (χ1v) is 7.17. The van der Waals surface area contributed by atoms with Crippen molar-refractivity contribution in [1.29, 1.82) is 0 Å². The highest BCUT2D eigenvalue weighted by molar-refractivity contribution is 5.79. The Morgan fingerprint density at radius 1 is 1.06 bits per heavy atom. The van der Waals surface area contributed by atoms with E-state index in [1.54, 1.807) is 0 Å². The minimum absolute atomic E-state index is 0.156. The molecule has 1 atom stereocenters. The van der Waals surface area contributed by atoms with E-state index in [2.05, 4.69) is 0 Å². The summed E-state index contributed by atoms with van der Waals surface area (Å²) in [6, 6.07) is 0. The summed E-state index contributed by atoms with van der Waals surface area (Å²) < 4.78 is 0. The van der Waals surface area contributed by atoms with Crippen molar-refractivity contribution in [2.24, 2.45) is 11.8 Å². The normalized spacial score (nSPS) is 26.0. The highest BCUT2D eigenvalue weighted by Gasteiger charge is 2.30. The number of carboxylic acid groups (broad SMARTS) is 1. The summed E-state index contributed by atoms with van der Waals surface area (Å²) in [7, 11) is 0. The number of carboxylic acids is 1. The lowest BCUT2D eigenvalue weighted by atomic mass is 9.87. The first kappa shape index (κ1) is 13.4. The molecule has 0 spiro atoms. The molecule has 1 N–H and O–H groups in total. The Hall–Kier alpha value is -1.06. The lowest BCUT2D eigenvalue weighted by Crippen LogP contribution is -2.43. The second kappa shape index (κ2) is 6.21. The van der Waals surface area contributed by atoms with Gasteiger partial charge >= 0.3 is 5.97 Å². The van der Waals surface area contributed by atoms with Gasteiger partial charge < -0.3 is 10.0 Å². The molecule has 1 aliphatic carbocycles. The maximum absolute atomic E-state index is 12.4. The highest BCUT2D eigenvalue weighted by atomic mass is 16.4. The fourth-order valence-corrected chi connectivity index (χ4v) is 3.29. The van der Waals surface area contributed by atoms with Crippen molar-refractivity contribution < 1.29 is 14.7 Å². The van der Waals surface area contributed by atoms with Crippen LogP contribution in [0, 0.1) is 11.8 Å². The van der Waals surface area contributed by atoms with Crippen molar-refractivity contribution in [3.8, 4) is 0 Å². The molecule has 1 amide bonds. The zero-order valence-corrected chi connectivity index (χ0v) is 10.9. The molecule has 0 bridgehead atoms. The van der Waals surface area contributed by atoms with Crippen molar-refractivity contribution >= 4 is 11.9 Å². The Morgan fingerprint density at radius 2 is 1.78 bits per heavy atom. The fraction of sp³-hybridized carbons (Fsp3) is 0.857. The van der Waals surface area contributed by atoms with Crippen LogP contribution >= 0.6 is 0 Å². The number of carbonyl (C=O) groups is 2. The molecule has 4 heteroatoms. The number of amides is 1. The van der Waals surface area contributed by atoms with Gasteiger partial charge in [0.2, 0.25) is 5.91 Å². The average molecular weight is 253 g/mol. The molecule has 4 nitrogen and oxygen atoms in total. The van der Waals surface area contributed by atoms with E-state index in [0.717, 1.165) is 32.2 Å². The first-order valence-electron chi connectivity index (χ1n) is 7.17. The third kappa shape index (κ3) is 3.47. The van der Waals surface area contributed by atoms with Gasteiger partial charge in [-0.15, -0.1) is 0 Å². The minimum atomic E-state index is -0.744. The molecule has 2 rings (SSSR count). The Balaban J connectivity index is 1.87. The molecule has 0 aromatic carbocycles. The van der Waals surface area contributed by atoms with E-state index in [0.29, 0.717) is 6.54 Å². The van der Waals surface area contributed by atoms with Crippen LogP contribution in [0.3, 0.4) is 0 Å². The van der Waals surface area contributed by atoms with Gasteiger partial charge in [-0.2, -0.15) is 0 Å². The summed E-state index contributed by atoms with van der Waals surface area (Å²) in [5.74, 6) is -0.0946. The molecule has 2 aliphatic rings. The Kier molecular flexibility index (Phi) is 4.61. The molecule has 18 heavy (non-hydrogen) atoms. The number of hydrogen-bond donors (Lipinski definition) is 1. The second-order valence-electron chi connectivity index (χ2n) is 5.73. The third-order valence-electron chi connectivity index (χ3n) is 4.25. The first-order chi connectivity index (χ1) is 8.66. The van der Waals surface area contributed by atoms with Gasteiger partial charge in [-0.05, 0) is 31.6 Å². The summed E-state index contributed by atoms with van der Waals surface area (Å²) in [5, 5.41) is 8.84. The lowest BCUT2D eigenvalue weighted by molar-refractivity contribution is -0.142. The molecule has 1 saturated carbocycles. The van der Waals surface area contributed by atoms with Crippen LogP contribution < -0.4 is 0 Å². The van der Waals surface area contributed by atoms with Crippen LogP contribution in [0.5, 0.6) is 0 Å². The summed E-state index contributed by atoms with van der Waals surface area (Å²) >= 11 is 0. The molecular formula is C14H23NO3. The summed E-state index contributed by atoms with van der Waals surface area (Å²) in [6.45, 7) is 1.48. The zero-order chi connectivity index (χ0) is 13.0. The largest absolute Gasteiger partial charge is 0.481 e.